The van der Waals surface area contributed by atoms with E-state index in [4.69, 9.17) is 21.5 Å². The van der Waals surface area contributed by atoms with Gasteiger partial charge in [0.1, 0.15) is 5.82 Å². The van der Waals surface area contributed by atoms with Crippen LogP contribution in [0, 0.1) is 0 Å². The van der Waals surface area contributed by atoms with Crippen LogP contribution in [0.1, 0.15) is 48.4 Å². The van der Waals surface area contributed by atoms with Crippen molar-refractivity contribution in [3.8, 4) is 0 Å². The molecule has 0 radical (unpaired) electrons. The number of nitrogens with two attached hydrogens (primary N) is 2. The maximum atomic E-state index is 6.58. The Bertz CT molecular complexity index is 1220. The van der Waals surface area contributed by atoms with Gasteiger partial charge in [-0.3, -0.25) is 4.98 Å². The van der Waals surface area contributed by atoms with Crippen LogP contribution >= 0.6 is 0 Å². The highest BCUT2D eigenvalue weighted by Gasteiger charge is 2.27. The number of imidazole rings is 1. The zero-order valence-electron chi connectivity index (χ0n) is 17.9. The van der Waals surface area contributed by atoms with Gasteiger partial charge in [0.15, 0.2) is 5.65 Å². The number of nitrogens with zero attached hydrogens (tertiary/aromatic N) is 4. The fourth-order valence-corrected chi connectivity index (χ4v) is 4.42. The second kappa shape index (κ2) is 8.80. The van der Waals surface area contributed by atoms with Gasteiger partial charge < -0.3 is 16.8 Å². The van der Waals surface area contributed by atoms with Crippen molar-refractivity contribution in [2.45, 2.75) is 37.6 Å². The van der Waals surface area contributed by atoms with Gasteiger partial charge in [0.25, 0.3) is 0 Å². The standard InChI is InChI=1S/C25H27N7/c26-19-9-7-18(8-10-19)22-23(30-20-4-2-1-3-5-20)25-29-16-21(32(25)31-24(22)27)11-6-17-12-14-28-15-13-17/h1-6,11-16,18-19,30H,7-10,26H2,(H2,27,31)/b11-6+. The van der Waals surface area contributed by atoms with Crippen LogP contribution in [-0.2, 0) is 0 Å². The van der Waals surface area contributed by atoms with Crippen LogP contribution in [0.25, 0.3) is 17.8 Å². The molecule has 1 aromatic carbocycles. The minimum atomic E-state index is 0.269. The fraction of sp³-hybridized carbons (Fsp3) is 0.240. The van der Waals surface area contributed by atoms with Gasteiger partial charge in [0.05, 0.1) is 17.6 Å². The monoisotopic (exact) mass is 425 g/mol. The summed E-state index contributed by atoms with van der Waals surface area (Å²) in [6.07, 6.45) is 13.4. The summed E-state index contributed by atoms with van der Waals surface area (Å²) in [5.74, 6) is 0.846. The number of para-hydroxylation sites is 1. The molecule has 3 heterocycles. The molecule has 7 heteroatoms. The summed E-state index contributed by atoms with van der Waals surface area (Å²) in [5, 5.41) is 8.33. The molecule has 1 aliphatic carbocycles. The number of nitrogens with one attached hydrogen (secondary N) is 1. The Labute approximate surface area is 187 Å². The number of fused-ring (bicyclic) bond motifs is 1. The first kappa shape index (κ1) is 20.2. The minimum absolute atomic E-state index is 0.269. The summed E-state index contributed by atoms with van der Waals surface area (Å²) in [5.41, 5.74) is 18.4. The van der Waals surface area contributed by atoms with E-state index in [9.17, 15) is 0 Å². The van der Waals surface area contributed by atoms with Crippen LogP contribution < -0.4 is 16.8 Å². The molecule has 0 unspecified atom stereocenters. The molecule has 3 aromatic heterocycles. The second-order valence-corrected chi connectivity index (χ2v) is 8.31. The average molecular weight is 426 g/mol. The molecular formula is C25H27N7. The second-order valence-electron chi connectivity index (χ2n) is 8.31. The van der Waals surface area contributed by atoms with Crippen LogP contribution in [-0.4, -0.2) is 25.6 Å². The lowest BCUT2D eigenvalue weighted by atomic mass is 9.81. The Kier molecular flexibility index (Phi) is 5.56. The highest BCUT2D eigenvalue weighted by Crippen LogP contribution is 2.41. The molecule has 0 spiro atoms. The van der Waals surface area contributed by atoms with Crippen molar-refractivity contribution in [3.05, 3.63) is 77.9 Å². The Morgan fingerprint density at radius 3 is 2.47 bits per heavy atom. The van der Waals surface area contributed by atoms with Crippen molar-refractivity contribution < 1.29 is 0 Å². The zero-order chi connectivity index (χ0) is 21.9. The number of aromatic nitrogens is 4. The zero-order valence-corrected chi connectivity index (χ0v) is 17.9. The quantitative estimate of drug-likeness (QED) is 0.431. The Balaban J connectivity index is 1.60. The van der Waals surface area contributed by atoms with Crippen molar-refractivity contribution in [1.29, 1.82) is 0 Å². The molecule has 0 bridgehead atoms. The Morgan fingerprint density at radius 2 is 1.72 bits per heavy atom. The minimum Gasteiger partial charge on any atom is -0.382 e. The molecule has 0 aliphatic heterocycles. The predicted octanol–water partition coefficient (Wildman–Crippen LogP) is 4.61. The third-order valence-corrected chi connectivity index (χ3v) is 6.12. The van der Waals surface area contributed by atoms with E-state index >= 15 is 0 Å². The highest BCUT2D eigenvalue weighted by molar-refractivity contribution is 5.82. The van der Waals surface area contributed by atoms with E-state index in [1.165, 1.54) is 0 Å². The van der Waals surface area contributed by atoms with E-state index in [1.807, 2.05) is 65.3 Å². The van der Waals surface area contributed by atoms with E-state index in [0.717, 1.165) is 59.5 Å². The normalized spacial score (nSPS) is 18.9. The summed E-state index contributed by atoms with van der Waals surface area (Å²) < 4.78 is 1.82. The lowest BCUT2D eigenvalue weighted by molar-refractivity contribution is 0.396. The average Bonchev–Trinajstić information content (AvgIpc) is 3.22. The maximum Gasteiger partial charge on any atom is 0.178 e. The van der Waals surface area contributed by atoms with Crippen LogP contribution in [0.2, 0.25) is 0 Å². The van der Waals surface area contributed by atoms with Crippen LogP contribution in [0.4, 0.5) is 17.2 Å². The number of benzene rings is 1. The van der Waals surface area contributed by atoms with Crippen LogP contribution in [0.3, 0.4) is 0 Å². The highest BCUT2D eigenvalue weighted by atomic mass is 15.3. The van der Waals surface area contributed by atoms with Crippen molar-refractivity contribution in [3.63, 3.8) is 0 Å². The van der Waals surface area contributed by atoms with E-state index in [0.29, 0.717) is 11.7 Å². The van der Waals surface area contributed by atoms with Crippen molar-refractivity contribution in [2.75, 3.05) is 11.1 Å². The molecule has 0 amide bonds. The molecule has 0 saturated heterocycles. The molecule has 32 heavy (non-hydrogen) atoms. The molecule has 162 valence electrons. The molecule has 1 saturated carbocycles. The van der Waals surface area contributed by atoms with E-state index < -0.39 is 0 Å². The lowest BCUT2D eigenvalue weighted by Crippen LogP contribution is -2.26. The van der Waals surface area contributed by atoms with Crippen molar-refractivity contribution >= 4 is 35.0 Å². The molecule has 7 nitrogen and oxygen atoms in total. The molecule has 1 aliphatic rings. The number of pyridine rings is 1. The topological polar surface area (TPSA) is 107 Å². The van der Waals surface area contributed by atoms with E-state index in [1.54, 1.807) is 12.4 Å². The molecular weight excluding hydrogens is 398 g/mol. The first-order chi connectivity index (χ1) is 15.7. The van der Waals surface area contributed by atoms with E-state index in [-0.39, 0.29) is 6.04 Å². The summed E-state index contributed by atoms with van der Waals surface area (Å²) in [7, 11) is 0. The van der Waals surface area contributed by atoms with E-state index in [2.05, 4.69) is 10.3 Å². The summed E-state index contributed by atoms with van der Waals surface area (Å²) in [4.78, 5) is 8.80. The number of rotatable bonds is 5. The number of hydrogen-bond donors (Lipinski definition) is 3. The maximum absolute atomic E-state index is 6.58. The van der Waals surface area contributed by atoms with Gasteiger partial charge in [-0.05, 0) is 67.5 Å². The summed E-state index contributed by atoms with van der Waals surface area (Å²) in [6.45, 7) is 0. The van der Waals surface area contributed by atoms with Gasteiger partial charge in [-0.25, -0.2) is 9.50 Å². The van der Waals surface area contributed by atoms with Gasteiger partial charge in [-0.1, -0.05) is 24.3 Å². The Hall–Kier alpha value is -3.71. The van der Waals surface area contributed by atoms with Gasteiger partial charge in [-0.2, -0.15) is 0 Å². The molecule has 1 fully saturated rings. The first-order valence-corrected chi connectivity index (χ1v) is 11.0. The summed E-state index contributed by atoms with van der Waals surface area (Å²) in [6, 6.07) is 14.3. The van der Waals surface area contributed by atoms with Crippen molar-refractivity contribution in [1.82, 2.24) is 19.6 Å². The molecule has 5 rings (SSSR count). The van der Waals surface area contributed by atoms with Gasteiger partial charge >= 0.3 is 0 Å². The molecule has 4 aromatic rings. The van der Waals surface area contributed by atoms with Crippen LogP contribution in [0.15, 0.2) is 61.1 Å². The predicted molar refractivity (Wildman–Crippen MR) is 129 cm³/mol. The lowest BCUT2D eigenvalue weighted by Gasteiger charge is -2.29. The fourth-order valence-electron chi connectivity index (χ4n) is 4.42. The molecule has 0 atom stereocenters. The van der Waals surface area contributed by atoms with Crippen LogP contribution in [0.5, 0.6) is 0 Å². The first-order valence-electron chi connectivity index (χ1n) is 11.0. The largest absolute Gasteiger partial charge is 0.382 e. The SMILES string of the molecule is Nc1nn2c(/C=C/c3ccncc3)cnc2c(Nc2ccccc2)c1C1CCC(N)CC1. The van der Waals surface area contributed by atoms with Gasteiger partial charge in [0.2, 0.25) is 0 Å². The van der Waals surface area contributed by atoms with Gasteiger partial charge in [-0.15, -0.1) is 5.10 Å². The third-order valence-electron chi connectivity index (χ3n) is 6.12. The van der Waals surface area contributed by atoms with Crippen molar-refractivity contribution in [2.24, 2.45) is 5.73 Å². The Morgan fingerprint density at radius 1 is 0.969 bits per heavy atom. The third kappa shape index (κ3) is 4.07. The number of nitrogen functional groups attached to an aromatic ring is 1. The number of anilines is 3. The summed E-state index contributed by atoms with van der Waals surface area (Å²) >= 11 is 0. The van der Waals surface area contributed by atoms with Gasteiger partial charge in [0, 0.05) is 29.7 Å². The smallest absolute Gasteiger partial charge is 0.178 e. The molecule has 5 N–H and O–H groups in total. The number of hydrogen-bond acceptors (Lipinski definition) is 6.